The van der Waals surface area contributed by atoms with Gasteiger partial charge in [-0.2, -0.15) is 0 Å². The Balaban J connectivity index is 0.00000112. The fourth-order valence-electron chi connectivity index (χ4n) is 2.01. The predicted octanol–water partition coefficient (Wildman–Crippen LogP) is -2.07. The summed E-state index contributed by atoms with van der Waals surface area (Å²) in [5.41, 5.74) is 3.24. The van der Waals surface area contributed by atoms with Crippen LogP contribution in [-0.4, -0.2) is 0 Å². The molecule has 0 fully saturated rings. The van der Waals surface area contributed by atoms with Crippen molar-refractivity contribution < 1.29 is 48.0 Å². The van der Waals surface area contributed by atoms with E-state index in [0.29, 0.717) is 0 Å². The summed E-state index contributed by atoms with van der Waals surface area (Å²) in [6.45, 7) is 4.58. The van der Waals surface area contributed by atoms with Crippen LogP contribution in [0.15, 0.2) is 42.0 Å². The molecule has 0 saturated carbocycles. The van der Waals surface area contributed by atoms with Gasteiger partial charge in [0, 0.05) is 0 Å². The molecule has 0 aliphatic heterocycles. The summed E-state index contributed by atoms with van der Waals surface area (Å²) in [4.78, 5) is 0. The largest absolute Gasteiger partial charge is 1.00 e. The van der Waals surface area contributed by atoms with E-state index in [2.05, 4.69) is 38.2 Å². The van der Waals surface area contributed by atoms with Crippen molar-refractivity contribution in [3.05, 3.63) is 42.0 Å². The van der Waals surface area contributed by atoms with Crippen LogP contribution in [0.1, 0.15) is 33.1 Å². The quantitative estimate of drug-likeness (QED) is 0.557. The molecule has 2 aliphatic rings. The van der Waals surface area contributed by atoms with Crippen LogP contribution in [0.2, 0.25) is 0 Å². The normalized spacial score (nSPS) is 17.4. The van der Waals surface area contributed by atoms with Gasteiger partial charge in [-0.3, -0.25) is 0 Å². The maximum Gasteiger partial charge on any atom is -1.00 e. The average molecular weight is 334 g/mol. The first-order valence-corrected chi connectivity index (χ1v) is 7.79. The Labute approximate surface area is 122 Å². The molecule has 0 spiro atoms. The van der Waals surface area contributed by atoms with Gasteiger partial charge in [0.2, 0.25) is 0 Å². The third-order valence-electron chi connectivity index (χ3n) is 2.95. The van der Waals surface area contributed by atoms with E-state index < -0.39 is 0 Å². The minimum absolute atomic E-state index is 0. The fraction of sp³-hybridized carbons (Fsp3) is 0.385. The van der Waals surface area contributed by atoms with E-state index in [4.69, 9.17) is 0 Å². The molecule has 0 nitrogen and oxygen atoms in total. The van der Waals surface area contributed by atoms with Crippen molar-refractivity contribution in [2.24, 2.45) is 0 Å². The van der Waals surface area contributed by atoms with Crippen molar-refractivity contribution in [1.29, 1.82) is 0 Å². The Morgan fingerprint density at radius 2 is 2.00 bits per heavy atom. The zero-order valence-corrected chi connectivity index (χ0v) is 13.7. The molecule has 0 unspecified atom stereocenters. The van der Waals surface area contributed by atoms with Gasteiger partial charge in [0.25, 0.3) is 0 Å². The zero-order chi connectivity index (χ0) is 9.97. The summed E-state index contributed by atoms with van der Waals surface area (Å²) in [6.07, 6.45) is 13.0. The molecule has 0 aromatic rings. The number of halogens is 2. The molecule has 0 aromatic heterocycles. The standard InChI is InChI=1S/C8H11.C5H5.2ClH.Zr/c1-3-8-6-4-5-7(8)2;1-2-4-5-3-1;;;/h6H,3-4H2,1-2H3;1-3H,4H2;2*1H;/q;;;;+2/p-2. The van der Waals surface area contributed by atoms with Crippen molar-refractivity contribution in [1.82, 2.24) is 0 Å². The van der Waals surface area contributed by atoms with Crippen LogP contribution in [-0.2, 0) is 23.2 Å². The molecule has 0 amide bonds. The first-order chi connectivity index (χ1) is 6.81. The summed E-state index contributed by atoms with van der Waals surface area (Å²) in [5, 5.41) is 0. The minimum atomic E-state index is -0.388. The van der Waals surface area contributed by atoms with Gasteiger partial charge in [-0.25, -0.2) is 0 Å². The molecule has 3 heteroatoms. The molecule has 0 saturated heterocycles. The molecule has 0 N–H and O–H groups in total. The second kappa shape index (κ2) is 7.69. The molecule has 0 aromatic carbocycles. The third kappa shape index (κ3) is 3.72. The van der Waals surface area contributed by atoms with Gasteiger partial charge in [-0.05, 0) is 0 Å². The predicted molar refractivity (Wildman–Crippen MR) is 57.5 cm³/mol. The molecular formula is C13H16Cl2Zr. The topological polar surface area (TPSA) is 0 Å². The minimum Gasteiger partial charge on any atom is -1.00 e. The van der Waals surface area contributed by atoms with Crippen LogP contribution in [0.4, 0.5) is 0 Å². The summed E-state index contributed by atoms with van der Waals surface area (Å²) < 4.78 is 3.55. The average Bonchev–Trinajstić information content (AvgIpc) is 2.79. The molecule has 0 heterocycles. The number of rotatable bonds is 3. The third-order valence-corrected chi connectivity index (χ3v) is 6.82. The molecule has 0 atom stereocenters. The van der Waals surface area contributed by atoms with Gasteiger partial charge >= 0.3 is 98.4 Å². The summed E-state index contributed by atoms with van der Waals surface area (Å²) in [7, 11) is 0. The van der Waals surface area contributed by atoms with Crippen LogP contribution < -0.4 is 24.8 Å². The number of allylic oxidation sites excluding steroid dienone is 8. The Morgan fingerprint density at radius 1 is 1.25 bits per heavy atom. The van der Waals surface area contributed by atoms with Gasteiger partial charge in [-0.1, -0.05) is 0 Å². The van der Waals surface area contributed by atoms with E-state index >= 15 is 0 Å². The second-order valence-electron chi connectivity index (χ2n) is 3.84. The SMILES string of the molecule is CCC1=CC[C]([Zr+2][C]2=CC=CC2)=C1C.[Cl-].[Cl-]. The summed E-state index contributed by atoms with van der Waals surface area (Å²) in [6, 6.07) is 0. The summed E-state index contributed by atoms with van der Waals surface area (Å²) >= 11 is -0.388. The van der Waals surface area contributed by atoms with Crippen LogP contribution in [0, 0.1) is 0 Å². The van der Waals surface area contributed by atoms with E-state index in [0.717, 1.165) is 0 Å². The first kappa shape index (κ1) is 16.4. The number of hydrogen-bond acceptors (Lipinski definition) is 0. The molecule has 0 radical (unpaired) electrons. The molecule has 86 valence electrons. The van der Waals surface area contributed by atoms with Gasteiger partial charge in [-0.15, -0.1) is 0 Å². The van der Waals surface area contributed by atoms with Crippen molar-refractivity contribution in [2.75, 3.05) is 0 Å². The first-order valence-electron chi connectivity index (χ1n) is 5.33. The van der Waals surface area contributed by atoms with E-state index in [1.165, 1.54) is 19.3 Å². The zero-order valence-electron chi connectivity index (χ0n) is 9.69. The number of hydrogen-bond donors (Lipinski definition) is 0. The van der Waals surface area contributed by atoms with Gasteiger partial charge in [0.1, 0.15) is 0 Å². The van der Waals surface area contributed by atoms with E-state index in [-0.39, 0.29) is 48.0 Å². The Morgan fingerprint density at radius 3 is 2.50 bits per heavy atom. The molecule has 2 rings (SSSR count). The molecular weight excluding hydrogens is 318 g/mol. The smallest absolute Gasteiger partial charge is 1.00 e. The fourth-order valence-corrected chi connectivity index (χ4v) is 5.31. The Kier molecular flexibility index (Phi) is 7.90. The van der Waals surface area contributed by atoms with Crippen molar-refractivity contribution in [3.8, 4) is 0 Å². The maximum absolute atomic E-state index is 2.44. The van der Waals surface area contributed by atoms with Gasteiger partial charge in [0.05, 0.1) is 0 Å². The molecule has 16 heavy (non-hydrogen) atoms. The Bertz CT molecular complexity index is 362. The summed E-state index contributed by atoms with van der Waals surface area (Å²) in [5.74, 6) is 0. The monoisotopic (exact) mass is 332 g/mol. The molecule has 0 bridgehead atoms. The van der Waals surface area contributed by atoms with Gasteiger partial charge in [0.15, 0.2) is 0 Å². The van der Waals surface area contributed by atoms with Crippen LogP contribution >= 0.6 is 0 Å². The van der Waals surface area contributed by atoms with E-state index in [1.54, 1.807) is 17.7 Å². The Hall–Kier alpha value is 0.423. The van der Waals surface area contributed by atoms with E-state index in [1.807, 2.05) is 0 Å². The maximum atomic E-state index is 2.44. The second-order valence-corrected chi connectivity index (χ2v) is 7.52. The van der Waals surface area contributed by atoms with Crippen molar-refractivity contribution in [2.45, 2.75) is 33.1 Å². The van der Waals surface area contributed by atoms with Crippen molar-refractivity contribution in [3.63, 3.8) is 0 Å². The van der Waals surface area contributed by atoms with Crippen LogP contribution in [0.5, 0.6) is 0 Å². The molecule has 2 aliphatic carbocycles. The van der Waals surface area contributed by atoms with Crippen LogP contribution in [0.25, 0.3) is 0 Å². The van der Waals surface area contributed by atoms with Crippen molar-refractivity contribution >= 4 is 0 Å². The van der Waals surface area contributed by atoms with Crippen LogP contribution in [0.3, 0.4) is 0 Å². The van der Waals surface area contributed by atoms with Gasteiger partial charge < -0.3 is 24.8 Å². The van der Waals surface area contributed by atoms with E-state index in [9.17, 15) is 0 Å².